The number of carboxylic acid groups (broad SMARTS) is 1. The van der Waals surface area contributed by atoms with E-state index in [0.29, 0.717) is 17.1 Å². The molecule has 2 aromatic rings. The number of carbonyl (C=O) groups is 2. The van der Waals surface area contributed by atoms with Crippen molar-refractivity contribution in [1.29, 1.82) is 0 Å². The average molecular weight is 402 g/mol. The molecule has 1 aliphatic carbocycles. The Morgan fingerprint density at radius 1 is 1.25 bits per heavy atom. The van der Waals surface area contributed by atoms with Crippen LogP contribution in [0, 0.1) is 5.41 Å². The van der Waals surface area contributed by atoms with Crippen LogP contribution in [0.2, 0.25) is 0 Å². The summed E-state index contributed by atoms with van der Waals surface area (Å²) in [4.78, 5) is 27.9. The summed E-state index contributed by atoms with van der Waals surface area (Å²) >= 11 is 1.43. The highest BCUT2D eigenvalue weighted by Gasteiger charge is 2.34. The quantitative estimate of drug-likeness (QED) is 0.591. The molecule has 7 heteroatoms. The zero-order valence-electron chi connectivity index (χ0n) is 16.8. The Balaban J connectivity index is 2.02. The van der Waals surface area contributed by atoms with Gasteiger partial charge in [0, 0.05) is 31.1 Å². The van der Waals surface area contributed by atoms with Gasteiger partial charge in [0.1, 0.15) is 5.00 Å². The number of hydrazine groups is 1. The lowest BCUT2D eigenvalue weighted by molar-refractivity contribution is 0.0696. The summed E-state index contributed by atoms with van der Waals surface area (Å²) in [5.41, 5.74) is 2.57. The topological polar surface area (TPSA) is 86.9 Å². The van der Waals surface area contributed by atoms with Crippen molar-refractivity contribution in [1.82, 2.24) is 5.01 Å². The van der Waals surface area contributed by atoms with Crippen molar-refractivity contribution in [2.45, 2.75) is 39.7 Å². The van der Waals surface area contributed by atoms with Gasteiger partial charge in [-0.3, -0.25) is 10.6 Å². The summed E-state index contributed by atoms with van der Waals surface area (Å²) in [6.45, 7) is 4.75. The fourth-order valence-corrected chi connectivity index (χ4v) is 5.04. The number of rotatable bonds is 5. The molecule has 3 N–H and O–H groups in total. The van der Waals surface area contributed by atoms with E-state index in [1.165, 1.54) is 21.2 Å². The lowest BCUT2D eigenvalue weighted by Crippen LogP contribution is -2.30. The maximum absolute atomic E-state index is 13.2. The van der Waals surface area contributed by atoms with E-state index in [1.54, 1.807) is 26.2 Å². The number of amides is 1. The van der Waals surface area contributed by atoms with Crippen LogP contribution >= 0.6 is 11.3 Å². The van der Waals surface area contributed by atoms with E-state index < -0.39 is 5.97 Å². The first-order chi connectivity index (χ1) is 13.1. The molecular formula is C21H27N3O3S. The van der Waals surface area contributed by atoms with Gasteiger partial charge in [0.25, 0.3) is 5.91 Å². The van der Waals surface area contributed by atoms with E-state index in [1.807, 2.05) is 12.1 Å². The number of hydrogen-bond donors (Lipinski definition) is 2. The third-order valence-electron chi connectivity index (χ3n) is 5.25. The number of benzene rings is 1. The highest BCUT2D eigenvalue weighted by atomic mass is 32.1. The predicted octanol–water partition coefficient (Wildman–Crippen LogP) is 3.54. The van der Waals surface area contributed by atoms with Gasteiger partial charge in [-0.1, -0.05) is 32.0 Å². The van der Waals surface area contributed by atoms with Crippen LogP contribution in [-0.4, -0.2) is 36.1 Å². The maximum Gasteiger partial charge on any atom is 0.339 e. The Morgan fingerprint density at radius 3 is 2.57 bits per heavy atom. The zero-order chi connectivity index (χ0) is 20.6. The summed E-state index contributed by atoms with van der Waals surface area (Å²) in [6.07, 6.45) is 2.59. The van der Waals surface area contributed by atoms with Crippen molar-refractivity contribution in [3.05, 3.63) is 51.4 Å². The molecule has 0 fully saturated rings. The minimum Gasteiger partial charge on any atom is -0.478 e. The number of anilines is 1. The number of nitrogens with zero attached hydrogens (tertiary/aromatic N) is 2. The maximum atomic E-state index is 13.2. The van der Waals surface area contributed by atoms with Crippen LogP contribution in [0.15, 0.2) is 24.3 Å². The van der Waals surface area contributed by atoms with Gasteiger partial charge in [0.2, 0.25) is 0 Å². The molecular weight excluding hydrogens is 374 g/mol. The molecule has 6 nitrogen and oxygen atoms in total. The summed E-state index contributed by atoms with van der Waals surface area (Å²) < 4.78 is 0. The second kappa shape index (κ2) is 7.66. The second-order valence-electron chi connectivity index (χ2n) is 8.27. The van der Waals surface area contributed by atoms with Crippen molar-refractivity contribution >= 4 is 28.2 Å². The van der Waals surface area contributed by atoms with Gasteiger partial charge in [-0.2, -0.15) is 0 Å². The van der Waals surface area contributed by atoms with Crippen molar-refractivity contribution in [2.24, 2.45) is 11.3 Å². The number of aromatic carboxylic acids is 1. The van der Waals surface area contributed by atoms with Crippen molar-refractivity contribution < 1.29 is 14.7 Å². The van der Waals surface area contributed by atoms with Crippen LogP contribution in [0.3, 0.4) is 0 Å². The number of carboxylic acids is 1. The van der Waals surface area contributed by atoms with Gasteiger partial charge in [-0.05, 0) is 41.9 Å². The smallest absolute Gasteiger partial charge is 0.339 e. The summed E-state index contributed by atoms with van der Waals surface area (Å²) in [5, 5.41) is 11.9. The first kappa shape index (κ1) is 20.5. The molecule has 0 unspecified atom stereocenters. The number of aryl methyl sites for hydroxylation is 1. The van der Waals surface area contributed by atoms with Crippen molar-refractivity contribution in [3.63, 3.8) is 0 Å². The average Bonchev–Trinajstić information content (AvgIpc) is 2.98. The van der Waals surface area contributed by atoms with E-state index in [2.05, 4.69) is 13.8 Å². The third-order valence-corrected chi connectivity index (χ3v) is 6.62. The molecule has 150 valence electrons. The molecule has 0 saturated heterocycles. The highest BCUT2D eigenvalue weighted by Crippen LogP contribution is 2.45. The minimum absolute atomic E-state index is 0.0659. The lowest BCUT2D eigenvalue weighted by atomic mass is 9.76. The summed E-state index contributed by atoms with van der Waals surface area (Å²) in [5.74, 6) is 4.57. The van der Waals surface area contributed by atoms with E-state index >= 15 is 0 Å². The monoisotopic (exact) mass is 401 g/mol. The van der Waals surface area contributed by atoms with Crippen LogP contribution in [0.5, 0.6) is 0 Å². The fourth-order valence-electron chi connectivity index (χ4n) is 3.77. The van der Waals surface area contributed by atoms with Gasteiger partial charge >= 0.3 is 5.97 Å². The molecule has 0 saturated carbocycles. The Bertz CT molecular complexity index is 918. The molecule has 0 radical (unpaired) electrons. The summed E-state index contributed by atoms with van der Waals surface area (Å²) in [7, 11) is 3.39. The van der Waals surface area contributed by atoms with Gasteiger partial charge in [0.15, 0.2) is 0 Å². The molecule has 0 spiro atoms. The molecule has 28 heavy (non-hydrogen) atoms. The van der Waals surface area contributed by atoms with E-state index in [0.717, 1.165) is 35.3 Å². The Kier molecular flexibility index (Phi) is 5.61. The highest BCUT2D eigenvalue weighted by molar-refractivity contribution is 7.17. The van der Waals surface area contributed by atoms with Crippen LogP contribution < -0.4 is 10.7 Å². The van der Waals surface area contributed by atoms with Crippen LogP contribution in [0.25, 0.3) is 0 Å². The second-order valence-corrected chi connectivity index (χ2v) is 9.35. The number of carbonyl (C=O) groups excluding carboxylic acids is 1. The van der Waals surface area contributed by atoms with Gasteiger partial charge in [0.05, 0.1) is 5.56 Å². The minimum atomic E-state index is -0.972. The first-order valence-electron chi connectivity index (χ1n) is 9.30. The number of hydrogen-bond acceptors (Lipinski definition) is 5. The number of nitrogens with two attached hydrogens (primary N) is 1. The largest absolute Gasteiger partial charge is 0.478 e. The molecule has 1 heterocycles. The number of thiophene rings is 1. The molecule has 1 amide bonds. The normalized spacial score (nSPS) is 15.4. The molecule has 1 aromatic carbocycles. The van der Waals surface area contributed by atoms with Crippen LogP contribution in [0.4, 0.5) is 5.00 Å². The molecule has 3 rings (SSSR count). The fraction of sp³-hybridized carbons (Fsp3) is 0.429. The Hall–Kier alpha value is -2.22. The third kappa shape index (κ3) is 3.97. The molecule has 1 aliphatic rings. The van der Waals surface area contributed by atoms with E-state index in [9.17, 15) is 14.7 Å². The van der Waals surface area contributed by atoms with Crippen molar-refractivity contribution in [3.8, 4) is 0 Å². The Labute approximate surface area is 169 Å². The van der Waals surface area contributed by atoms with Crippen LogP contribution in [-0.2, 0) is 19.4 Å². The molecule has 1 aromatic heterocycles. The summed E-state index contributed by atoms with van der Waals surface area (Å²) in [6, 6.07) is 7.30. The predicted molar refractivity (Wildman–Crippen MR) is 112 cm³/mol. The molecule has 0 atom stereocenters. The van der Waals surface area contributed by atoms with Gasteiger partial charge in [-0.15, -0.1) is 11.3 Å². The molecule has 0 aliphatic heterocycles. The SMILES string of the molecule is CN(N)Cc1ccccc1C(=O)N(C)c1sc2c(c1C(=O)O)CC(C)(C)CC2. The molecule has 0 bridgehead atoms. The number of fused-ring (bicyclic) bond motifs is 1. The van der Waals surface area contributed by atoms with Crippen LogP contribution in [0.1, 0.15) is 57.0 Å². The van der Waals surface area contributed by atoms with Crippen molar-refractivity contribution in [2.75, 3.05) is 19.0 Å². The Morgan fingerprint density at radius 2 is 1.93 bits per heavy atom. The zero-order valence-corrected chi connectivity index (χ0v) is 17.6. The van der Waals surface area contributed by atoms with E-state index in [-0.39, 0.29) is 16.9 Å². The lowest BCUT2D eigenvalue weighted by Gasteiger charge is -2.29. The first-order valence-corrected chi connectivity index (χ1v) is 10.1. The van der Waals surface area contributed by atoms with E-state index in [4.69, 9.17) is 5.84 Å². The van der Waals surface area contributed by atoms with Gasteiger partial charge in [-0.25, -0.2) is 9.80 Å². The van der Waals surface area contributed by atoms with Gasteiger partial charge < -0.3 is 10.0 Å². The standard InChI is InChI=1S/C21H27N3O3S/c1-21(2)10-9-16-15(11-21)17(20(26)27)19(28-16)24(4)18(25)14-8-6-5-7-13(14)12-23(3)22/h5-8H,9-12,22H2,1-4H3,(H,26,27).